The second kappa shape index (κ2) is 6.49. The Bertz CT molecular complexity index is 756. The zero-order valence-corrected chi connectivity index (χ0v) is 14.2. The molecule has 0 fully saturated rings. The number of ether oxygens (including phenoxy) is 1. The Balaban J connectivity index is 1.63. The topological polar surface area (TPSA) is 73.2 Å². The van der Waals surface area contributed by atoms with Crippen LogP contribution in [0.3, 0.4) is 0 Å². The highest BCUT2D eigenvalue weighted by molar-refractivity contribution is 9.10. The molecule has 1 aliphatic rings. The number of hydrogen-bond donors (Lipinski definition) is 1. The number of nitrogens with one attached hydrogen (secondary N) is 1. The fourth-order valence-electron chi connectivity index (χ4n) is 2.39. The van der Waals surface area contributed by atoms with E-state index in [9.17, 15) is 8.42 Å². The lowest BCUT2D eigenvalue weighted by Gasteiger charge is -2.15. The molecule has 1 N–H and O–H groups in total. The van der Waals surface area contributed by atoms with E-state index in [1.54, 1.807) is 30.5 Å². The van der Waals surface area contributed by atoms with E-state index in [0.717, 1.165) is 22.2 Å². The number of halogens is 1. The third-order valence-corrected chi connectivity index (χ3v) is 5.52. The molecule has 0 amide bonds. The second-order valence-corrected chi connectivity index (χ2v) is 7.68. The number of aromatic nitrogens is 2. The third kappa shape index (κ3) is 3.40. The summed E-state index contributed by atoms with van der Waals surface area (Å²) in [4.78, 5) is 0.256. The highest BCUT2D eigenvalue weighted by Crippen LogP contribution is 2.16. The maximum Gasteiger partial charge on any atom is 0.240 e. The Kier molecular flexibility index (Phi) is 4.62. The first-order valence-corrected chi connectivity index (χ1v) is 9.20. The molecule has 2 heterocycles. The predicted octanol–water partition coefficient (Wildman–Crippen LogP) is 1.70. The standard InChI is InChI=1S/C14H16BrN3O3S/c15-12-1-3-13(4-2-12)22(19,20)17-6-7-18-14-5-8-21-10-11(14)9-16-18/h1-4,9,17H,5-8,10H2. The molecular weight excluding hydrogens is 370 g/mol. The number of benzene rings is 1. The Morgan fingerprint density at radius 3 is 2.86 bits per heavy atom. The number of sulfonamides is 1. The number of nitrogens with zero attached hydrogens (tertiary/aromatic N) is 2. The van der Waals surface area contributed by atoms with Crippen LogP contribution in [0.1, 0.15) is 11.3 Å². The van der Waals surface area contributed by atoms with Gasteiger partial charge >= 0.3 is 0 Å². The molecule has 1 aromatic carbocycles. The maximum absolute atomic E-state index is 12.2. The molecule has 2 aromatic rings. The van der Waals surface area contributed by atoms with Gasteiger partial charge in [0.25, 0.3) is 0 Å². The lowest BCUT2D eigenvalue weighted by atomic mass is 10.2. The van der Waals surface area contributed by atoms with Crippen molar-refractivity contribution in [2.75, 3.05) is 13.2 Å². The van der Waals surface area contributed by atoms with Gasteiger partial charge in [-0.2, -0.15) is 5.10 Å². The van der Waals surface area contributed by atoms with Crippen LogP contribution >= 0.6 is 15.9 Å². The molecule has 0 saturated carbocycles. The van der Waals surface area contributed by atoms with Crippen molar-refractivity contribution < 1.29 is 13.2 Å². The molecular formula is C14H16BrN3O3S. The van der Waals surface area contributed by atoms with Gasteiger partial charge < -0.3 is 4.74 Å². The molecule has 0 spiro atoms. The van der Waals surface area contributed by atoms with Gasteiger partial charge in [-0.1, -0.05) is 15.9 Å². The molecule has 0 bridgehead atoms. The van der Waals surface area contributed by atoms with E-state index in [2.05, 4.69) is 25.8 Å². The molecule has 118 valence electrons. The minimum absolute atomic E-state index is 0.256. The summed E-state index contributed by atoms with van der Waals surface area (Å²) in [6.07, 6.45) is 2.60. The summed E-state index contributed by atoms with van der Waals surface area (Å²) in [5.74, 6) is 0. The zero-order chi connectivity index (χ0) is 15.6. The monoisotopic (exact) mass is 385 g/mol. The van der Waals surface area contributed by atoms with Crippen molar-refractivity contribution in [1.29, 1.82) is 0 Å². The van der Waals surface area contributed by atoms with E-state index in [1.807, 2.05) is 4.68 Å². The van der Waals surface area contributed by atoms with Gasteiger partial charge in [0.2, 0.25) is 10.0 Å². The molecule has 0 atom stereocenters. The average Bonchev–Trinajstić information content (AvgIpc) is 2.91. The highest BCUT2D eigenvalue weighted by atomic mass is 79.9. The average molecular weight is 386 g/mol. The summed E-state index contributed by atoms with van der Waals surface area (Å²) in [5.41, 5.74) is 2.22. The van der Waals surface area contributed by atoms with Gasteiger partial charge in [-0.05, 0) is 24.3 Å². The van der Waals surface area contributed by atoms with Crippen LogP contribution in [0.4, 0.5) is 0 Å². The molecule has 8 heteroatoms. The SMILES string of the molecule is O=S(=O)(NCCn1ncc2c1CCOC2)c1ccc(Br)cc1. The normalized spacial score (nSPS) is 14.8. The first-order chi connectivity index (χ1) is 10.6. The van der Waals surface area contributed by atoms with Crippen molar-refractivity contribution in [3.05, 3.63) is 46.2 Å². The van der Waals surface area contributed by atoms with E-state index < -0.39 is 10.0 Å². The van der Waals surface area contributed by atoms with Crippen molar-refractivity contribution >= 4 is 26.0 Å². The Morgan fingerprint density at radius 2 is 2.09 bits per heavy atom. The third-order valence-electron chi connectivity index (χ3n) is 3.52. The van der Waals surface area contributed by atoms with E-state index in [4.69, 9.17) is 4.74 Å². The lowest BCUT2D eigenvalue weighted by Crippen LogP contribution is -2.28. The van der Waals surface area contributed by atoms with Gasteiger partial charge in [-0.15, -0.1) is 0 Å². The van der Waals surface area contributed by atoms with E-state index in [-0.39, 0.29) is 4.90 Å². The van der Waals surface area contributed by atoms with Crippen molar-refractivity contribution in [3.8, 4) is 0 Å². The second-order valence-electron chi connectivity index (χ2n) is 4.99. The van der Waals surface area contributed by atoms with Gasteiger partial charge in [0.1, 0.15) is 0 Å². The van der Waals surface area contributed by atoms with Crippen LogP contribution in [0.15, 0.2) is 39.8 Å². The fraction of sp³-hybridized carbons (Fsp3) is 0.357. The molecule has 0 aliphatic carbocycles. The van der Waals surface area contributed by atoms with E-state index in [0.29, 0.717) is 26.3 Å². The van der Waals surface area contributed by atoms with Crippen LogP contribution in [0.2, 0.25) is 0 Å². The fourth-order valence-corrected chi connectivity index (χ4v) is 3.67. The molecule has 1 aliphatic heterocycles. The van der Waals surface area contributed by atoms with Crippen LogP contribution in [0.25, 0.3) is 0 Å². The molecule has 22 heavy (non-hydrogen) atoms. The Labute approximate surface area is 137 Å². The van der Waals surface area contributed by atoms with Crippen molar-refractivity contribution in [1.82, 2.24) is 14.5 Å². The van der Waals surface area contributed by atoms with E-state index in [1.165, 1.54) is 0 Å². The summed E-state index contributed by atoms with van der Waals surface area (Å²) < 4.78 is 35.0. The van der Waals surface area contributed by atoms with Crippen molar-refractivity contribution in [2.24, 2.45) is 0 Å². The highest BCUT2D eigenvalue weighted by Gasteiger charge is 2.17. The summed E-state index contributed by atoms with van der Waals surface area (Å²) >= 11 is 3.29. The predicted molar refractivity (Wildman–Crippen MR) is 84.9 cm³/mol. The minimum Gasteiger partial charge on any atom is -0.376 e. The van der Waals surface area contributed by atoms with Gasteiger partial charge in [0.05, 0.1) is 30.9 Å². The molecule has 1 aromatic heterocycles. The number of rotatable bonds is 5. The van der Waals surface area contributed by atoms with Crippen LogP contribution in [-0.4, -0.2) is 31.3 Å². The molecule has 0 saturated heterocycles. The summed E-state index contributed by atoms with van der Waals surface area (Å²) in [6.45, 7) is 2.07. The molecule has 6 nitrogen and oxygen atoms in total. The van der Waals surface area contributed by atoms with Gasteiger partial charge in [0.15, 0.2) is 0 Å². The Hall–Kier alpha value is -1.22. The largest absolute Gasteiger partial charge is 0.376 e. The van der Waals surface area contributed by atoms with Crippen LogP contribution in [0, 0.1) is 0 Å². The first-order valence-electron chi connectivity index (χ1n) is 6.93. The zero-order valence-electron chi connectivity index (χ0n) is 11.8. The maximum atomic E-state index is 12.2. The quantitative estimate of drug-likeness (QED) is 0.849. The van der Waals surface area contributed by atoms with Gasteiger partial charge in [-0.3, -0.25) is 4.68 Å². The molecule has 3 rings (SSSR count). The number of hydrogen-bond acceptors (Lipinski definition) is 4. The van der Waals surface area contributed by atoms with Crippen LogP contribution in [0.5, 0.6) is 0 Å². The molecule has 0 radical (unpaired) electrons. The summed E-state index contributed by atoms with van der Waals surface area (Å²) in [5, 5.41) is 4.30. The lowest BCUT2D eigenvalue weighted by molar-refractivity contribution is 0.109. The first kappa shape index (κ1) is 15.7. The molecule has 0 unspecified atom stereocenters. The smallest absolute Gasteiger partial charge is 0.240 e. The van der Waals surface area contributed by atoms with Crippen LogP contribution < -0.4 is 4.72 Å². The van der Waals surface area contributed by atoms with Crippen molar-refractivity contribution in [2.45, 2.75) is 24.5 Å². The van der Waals surface area contributed by atoms with Gasteiger partial charge in [-0.25, -0.2) is 13.1 Å². The number of fused-ring (bicyclic) bond motifs is 1. The van der Waals surface area contributed by atoms with E-state index >= 15 is 0 Å². The van der Waals surface area contributed by atoms with Gasteiger partial charge in [0, 0.05) is 28.7 Å². The summed E-state index contributed by atoms with van der Waals surface area (Å²) in [7, 11) is -3.49. The summed E-state index contributed by atoms with van der Waals surface area (Å²) in [6, 6.07) is 6.55. The van der Waals surface area contributed by atoms with Crippen molar-refractivity contribution in [3.63, 3.8) is 0 Å². The van der Waals surface area contributed by atoms with Crippen LogP contribution in [-0.2, 0) is 34.3 Å². The minimum atomic E-state index is -3.49. The Morgan fingerprint density at radius 1 is 1.32 bits per heavy atom.